The Morgan fingerprint density at radius 2 is 0.385 bits per heavy atom. The molecule has 0 bridgehead atoms. The third kappa shape index (κ3) is 40.4. The molecule has 0 heterocycles. The molecule has 0 aromatic heterocycles. The monoisotopic (exact) mass is 1370 g/mol. The maximum absolute atomic E-state index is 14.6. The fraction of sp³-hybridized carbons (Fsp3) is 0.825. The summed E-state index contributed by atoms with van der Waals surface area (Å²) in [5.74, 6) is -8.51. The summed E-state index contributed by atoms with van der Waals surface area (Å²) in [6, 6.07) is -13.3. The third-order valence-corrected chi connectivity index (χ3v) is 16.3. The molecule has 33 nitrogen and oxygen atoms in total. The molecule has 11 atom stereocenters. The minimum atomic E-state index is -1.30. The lowest BCUT2D eigenvalue weighted by atomic mass is 10.0. The first-order valence-electron chi connectivity index (χ1n) is 35.1. The Bertz CT molecular complexity index is 2230. The van der Waals surface area contributed by atoms with E-state index in [-0.39, 0.29) is 97.1 Å². The summed E-state index contributed by atoms with van der Waals surface area (Å²) in [5, 5.41) is 36.9. The van der Waals surface area contributed by atoms with E-state index in [2.05, 4.69) is 53.2 Å². The summed E-state index contributed by atoms with van der Waals surface area (Å²) in [4.78, 5) is 153. The smallest absolute Gasteiger partial charge is 0.326 e. The molecule has 556 valence electrons. The van der Waals surface area contributed by atoms with Crippen molar-refractivity contribution in [3.05, 3.63) is 0 Å². The Morgan fingerprint density at radius 1 is 0.229 bits per heavy atom. The summed E-state index contributed by atoms with van der Waals surface area (Å²) < 4.78 is 0. The number of amides is 10. The van der Waals surface area contributed by atoms with E-state index in [0.29, 0.717) is 161 Å². The van der Waals surface area contributed by atoms with E-state index in [1.807, 2.05) is 0 Å². The number of carboxylic acid groups (broad SMARTS) is 1. The first-order valence-corrected chi connectivity index (χ1v) is 35.1. The average molecular weight is 1370 g/mol. The quantitative estimate of drug-likeness (QED) is 0.0256. The van der Waals surface area contributed by atoms with Crippen LogP contribution in [0.15, 0.2) is 0 Å². The van der Waals surface area contributed by atoms with Crippen LogP contribution in [0.25, 0.3) is 0 Å². The first kappa shape index (κ1) is 89.7. The molecule has 33 heteroatoms. The van der Waals surface area contributed by atoms with Crippen LogP contribution < -0.4 is 116 Å². The molecular weight excluding hydrogens is 1240 g/mol. The Hall–Kier alpha value is -6.27. The van der Waals surface area contributed by atoms with Gasteiger partial charge >= 0.3 is 5.97 Å². The number of carbonyl (C=O) groups excluding carboxylic acids is 10. The second-order valence-electron chi connectivity index (χ2n) is 24.6. The van der Waals surface area contributed by atoms with Crippen molar-refractivity contribution in [3.8, 4) is 0 Å². The molecular formula is C63H127N21O12. The Balaban J connectivity index is 7.12. The van der Waals surface area contributed by atoms with Crippen LogP contribution in [0.5, 0.6) is 0 Å². The summed E-state index contributed by atoms with van der Waals surface area (Å²) in [5.41, 5.74) is 64.0. The van der Waals surface area contributed by atoms with Crippen molar-refractivity contribution in [2.24, 2.45) is 63.1 Å². The highest BCUT2D eigenvalue weighted by Crippen LogP contribution is 2.14. The Labute approximate surface area is 568 Å². The molecule has 96 heavy (non-hydrogen) atoms. The average Bonchev–Trinajstić information content (AvgIpc) is 0.974. The van der Waals surface area contributed by atoms with Gasteiger partial charge in [-0.05, 0) is 259 Å². The van der Waals surface area contributed by atoms with E-state index in [9.17, 15) is 57.8 Å². The number of aliphatic carboxylic acids is 1. The van der Waals surface area contributed by atoms with Crippen molar-refractivity contribution in [2.75, 3.05) is 65.4 Å². The summed E-state index contributed by atoms with van der Waals surface area (Å²) in [7, 11) is 0. The molecule has 33 N–H and O–H groups in total. The van der Waals surface area contributed by atoms with E-state index in [1.165, 1.54) is 6.92 Å². The maximum Gasteiger partial charge on any atom is 0.326 e. The molecule has 0 aliphatic carbocycles. The topological polar surface area (TPSA) is 615 Å². The summed E-state index contributed by atoms with van der Waals surface area (Å²) in [6.07, 6.45) is 10.2. The van der Waals surface area contributed by atoms with E-state index >= 15 is 0 Å². The van der Waals surface area contributed by atoms with Crippen LogP contribution in [-0.2, 0) is 52.7 Å². The van der Waals surface area contributed by atoms with Crippen molar-refractivity contribution < 1.29 is 57.8 Å². The zero-order valence-corrected chi connectivity index (χ0v) is 57.4. The van der Waals surface area contributed by atoms with Gasteiger partial charge in [0, 0.05) is 0 Å². The molecule has 0 aromatic carbocycles. The molecule has 0 fully saturated rings. The van der Waals surface area contributed by atoms with Crippen LogP contribution in [0.4, 0.5) is 0 Å². The van der Waals surface area contributed by atoms with Crippen LogP contribution in [0.1, 0.15) is 200 Å². The van der Waals surface area contributed by atoms with Gasteiger partial charge in [0.25, 0.3) is 0 Å². The Kier molecular flexibility index (Phi) is 53.0. The Morgan fingerprint density at radius 3 is 0.573 bits per heavy atom. The molecule has 10 amide bonds. The van der Waals surface area contributed by atoms with Crippen molar-refractivity contribution in [2.45, 2.75) is 266 Å². The lowest BCUT2D eigenvalue weighted by Gasteiger charge is -2.28. The summed E-state index contributed by atoms with van der Waals surface area (Å²) >= 11 is 0. The number of unbranched alkanes of at least 4 members (excludes halogenated alkanes) is 10. The number of carbonyl (C=O) groups is 11. The molecule has 0 saturated carbocycles. The SMILES string of the molecule is C[C@H](NC(=O)[C@H](CCCCN)NC(=O)[C@H](CCCCN)NC(=O)[C@H](CCCCN)NC(=O)[C@H](CCCCN)NC(=O)[C@H](CCCCN)NC(=O)[C@H](CCCCN)NC(=O)[C@H](CCCCN)NC(=O)[C@H](CCCCN)NC(=O)[C@@H](N)CCCCN)C(=O)N[C@@H](CCCCN)C(=O)O. The minimum absolute atomic E-state index is 0.0382. The van der Waals surface area contributed by atoms with Crippen molar-refractivity contribution in [1.82, 2.24) is 53.2 Å². The molecule has 0 saturated heterocycles. The second-order valence-corrected chi connectivity index (χ2v) is 24.6. The van der Waals surface area contributed by atoms with Gasteiger partial charge in [0.05, 0.1) is 6.04 Å². The summed E-state index contributed by atoms with van der Waals surface area (Å²) in [6.45, 7) is 4.31. The van der Waals surface area contributed by atoms with Gasteiger partial charge in [-0.1, -0.05) is 6.42 Å². The van der Waals surface area contributed by atoms with E-state index in [4.69, 9.17) is 63.1 Å². The fourth-order valence-electron chi connectivity index (χ4n) is 10.3. The van der Waals surface area contributed by atoms with E-state index < -0.39 is 132 Å². The van der Waals surface area contributed by atoms with E-state index in [1.54, 1.807) is 0 Å². The predicted molar refractivity (Wildman–Crippen MR) is 370 cm³/mol. The normalized spacial score (nSPS) is 14.7. The van der Waals surface area contributed by atoms with Crippen LogP contribution in [-0.4, -0.2) is 202 Å². The second kappa shape index (κ2) is 56.7. The molecule has 0 aliphatic heterocycles. The van der Waals surface area contributed by atoms with Crippen LogP contribution >= 0.6 is 0 Å². The lowest BCUT2D eigenvalue weighted by Crippen LogP contribution is -2.60. The highest BCUT2D eigenvalue weighted by Gasteiger charge is 2.36. The number of nitrogens with one attached hydrogen (secondary N) is 10. The highest BCUT2D eigenvalue weighted by atomic mass is 16.4. The number of carboxylic acids is 1. The number of hydrogen-bond acceptors (Lipinski definition) is 22. The number of nitrogens with two attached hydrogens (primary N) is 11. The van der Waals surface area contributed by atoms with Gasteiger partial charge in [0.1, 0.15) is 60.4 Å². The van der Waals surface area contributed by atoms with E-state index in [0.717, 1.165) is 0 Å². The van der Waals surface area contributed by atoms with Gasteiger partial charge in [-0.25, -0.2) is 4.79 Å². The highest BCUT2D eigenvalue weighted by molar-refractivity contribution is 5.99. The van der Waals surface area contributed by atoms with Crippen LogP contribution in [0.2, 0.25) is 0 Å². The molecule has 0 unspecified atom stereocenters. The molecule has 0 spiro atoms. The lowest BCUT2D eigenvalue weighted by molar-refractivity contribution is -0.142. The van der Waals surface area contributed by atoms with Gasteiger partial charge in [-0.3, -0.25) is 47.9 Å². The molecule has 0 rings (SSSR count). The maximum atomic E-state index is 14.6. The molecule has 0 radical (unpaired) electrons. The van der Waals surface area contributed by atoms with Gasteiger partial charge in [-0.15, -0.1) is 0 Å². The van der Waals surface area contributed by atoms with Crippen LogP contribution in [0, 0.1) is 0 Å². The zero-order valence-electron chi connectivity index (χ0n) is 57.4. The number of hydrogen-bond donors (Lipinski definition) is 22. The first-order chi connectivity index (χ1) is 46.1. The van der Waals surface area contributed by atoms with Gasteiger partial charge < -0.3 is 121 Å². The zero-order chi connectivity index (χ0) is 72.1. The van der Waals surface area contributed by atoms with Gasteiger partial charge in [0.15, 0.2) is 0 Å². The molecule has 0 aromatic rings. The number of rotatable bonds is 61. The van der Waals surface area contributed by atoms with Gasteiger partial charge in [0.2, 0.25) is 59.1 Å². The van der Waals surface area contributed by atoms with Crippen molar-refractivity contribution in [3.63, 3.8) is 0 Å². The third-order valence-electron chi connectivity index (χ3n) is 16.3. The van der Waals surface area contributed by atoms with Crippen molar-refractivity contribution in [1.29, 1.82) is 0 Å². The standard InChI is InChI=1S/C63H127N21O12/c1-42(53(85)84-52(63(95)96)31-11-21-41-73)75-55(87)44(23-3-13-33-65)77-57(89)46(25-5-15-35-67)79-59(91)48(27-7-17-37-69)81-61(93)50(29-9-19-39-71)83-62(94)51(30-10-20-40-72)82-60(92)49(28-8-18-38-70)80-58(90)47(26-6-16-36-68)78-56(88)45(24-4-14-34-66)76-54(86)43(74)22-2-12-32-64/h42-52H,2-41,64-74H2,1H3,(H,75,87)(H,76,86)(H,77,89)(H,78,88)(H,79,91)(H,80,90)(H,81,93)(H,82,92)(H,83,94)(H,84,85)(H,95,96)/t42-,43-,44-,45-,46-,47-,48-,49-,50-,51-,52-/m0/s1. The predicted octanol–water partition coefficient (Wildman–Crippen LogP) is -4.44. The minimum Gasteiger partial charge on any atom is -0.480 e. The van der Waals surface area contributed by atoms with Gasteiger partial charge in [-0.2, -0.15) is 0 Å². The fourth-order valence-corrected chi connectivity index (χ4v) is 10.3. The largest absolute Gasteiger partial charge is 0.480 e. The van der Waals surface area contributed by atoms with Crippen LogP contribution in [0.3, 0.4) is 0 Å². The molecule has 0 aliphatic rings. The van der Waals surface area contributed by atoms with Crippen molar-refractivity contribution >= 4 is 65.0 Å².